The molecule has 1 aromatic carbocycles. The van der Waals surface area contributed by atoms with Gasteiger partial charge in [-0.05, 0) is 12.1 Å². The van der Waals surface area contributed by atoms with Gasteiger partial charge in [0.1, 0.15) is 11.0 Å². The number of carbonyl (C=O) groups excluding carboxylic acids is 1. The maximum atomic E-state index is 11.1. The van der Waals surface area contributed by atoms with Crippen LogP contribution in [0.25, 0.3) is 0 Å². The van der Waals surface area contributed by atoms with Gasteiger partial charge in [-0.15, -0.1) is 0 Å². The summed E-state index contributed by atoms with van der Waals surface area (Å²) in [5.74, 6) is 0. The highest BCUT2D eigenvalue weighted by atomic mass is 79.9. The quantitative estimate of drug-likeness (QED) is 0.619. The molecule has 0 aliphatic heterocycles. The highest BCUT2D eigenvalue weighted by Crippen LogP contribution is 2.26. The third-order valence-electron chi connectivity index (χ3n) is 1.61. The summed E-state index contributed by atoms with van der Waals surface area (Å²) in [7, 11) is 1.09. The average Bonchev–Trinajstić information content (AvgIpc) is 2.15. The van der Waals surface area contributed by atoms with Crippen molar-refractivity contribution in [2.45, 2.75) is 4.90 Å². The van der Waals surface area contributed by atoms with Gasteiger partial charge in [-0.3, -0.25) is 4.79 Å². The van der Waals surface area contributed by atoms with Crippen LogP contribution in [0, 0.1) is 11.3 Å². The van der Waals surface area contributed by atoms with E-state index in [1.165, 1.54) is 6.07 Å². The molecule has 0 saturated carbocycles. The molecule has 0 unspecified atom stereocenters. The van der Waals surface area contributed by atoms with Crippen molar-refractivity contribution in [3.63, 3.8) is 0 Å². The zero-order valence-corrected chi connectivity index (χ0v) is 10.2. The smallest absolute Gasteiger partial charge is 0.262 e. The molecule has 0 aliphatic rings. The van der Waals surface area contributed by atoms with Crippen molar-refractivity contribution in [1.29, 1.82) is 5.26 Å². The Morgan fingerprint density at radius 1 is 1.47 bits per heavy atom. The van der Waals surface area contributed by atoms with Gasteiger partial charge in [0.15, 0.2) is 6.29 Å². The first-order valence-electron chi connectivity index (χ1n) is 3.53. The van der Waals surface area contributed by atoms with Crippen molar-refractivity contribution in [2.24, 2.45) is 0 Å². The van der Waals surface area contributed by atoms with Crippen molar-refractivity contribution in [2.75, 3.05) is 0 Å². The minimum atomic E-state index is -4.02. The van der Waals surface area contributed by atoms with Gasteiger partial charge in [-0.25, -0.2) is 8.42 Å². The van der Waals surface area contributed by atoms with Crippen LogP contribution in [0.5, 0.6) is 0 Å². The Morgan fingerprint density at radius 3 is 2.47 bits per heavy atom. The predicted molar refractivity (Wildman–Crippen MR) is 57.3 cm³/mol. The van der Waals surface area contributed by atoms with Gasteiger partial charge >= 0.3 is 0 Å². The topological polar surface area (TPSA) is 75.0 Å². The highest BCUT2D eigenvalue weighted by molar-refractivity contribution is 9.10. The predicted octanol–water partition coefficient (Wildman–Crippen LogP) is 2.06. The van der Waals surface area contributed by atoms with E-state index in [9.17, 15) is 13.2 Å². The van der Waals surface area contributed by atoms with Crippen LogP contribution in [-0.2, 0) is 9.05 Å². The monoisotopic (exact) mass is 307 g/mol. The molecule has 0 spiro atoms. The molecule has 7 heteroatoms. The zero-order chi connectivity index (χ0) is 11.6. The van der Waals surface area contributed by atoms with E-state index in [2.05, 4.69) is 15.9 Å². The fourth-order valence-electron chi connectivity index (χ4n) is 0.949. The molecule has 0 aliphatic carbocycles. The molecular formula is C8H3BrClNO3S. The molecule has 0 amide bonds. The van der Waals surface area contributed by atoms with Gasteiger partial charge in [-0.2, -0.15) is 5.26 Å². The molecule has 78 valence electrons. The molecular weight excluding hydrogens is 306 g/mol. The van der Waals surface area contributed by atoms with E-state index in [4.69, 9.17) is 15.9 Å². The maximum absolute atomic E-state index is 11.1. The molecule has 0 N–H and O–H groups in total. The molecule has 0 saturated heterocycles. The lowest BCUT2D eigenvalue weighted by atomic mass is 10.2. The molecule has 0 aromatic heterocycles. The number of hydrogen-bond donors (Lipinski definition) is 0. The lowest BCUT2D eigenvalue weighted by molar-refractivity contribution is 0.112. The molecule has 4 nitrogen and oxygen atoms in total. The fraction of sp³-hybridized carbons (Fsp3) is 0. The van der Waals surface area contributed by atoms with E-state index in [1.807, 2.05) is 0 Å². The van der Waals surface area contributed by atoms with Crippen molar-refractivity contribution >= 4 is 41.9 Å². The second-order valence-corrected chi connectivity index (χ2v) is 5.93. The molecule has 0 radical (unpaired) electrons. The van der Waals surface area contributed by atoms with Crippen molar-refractivity contribution < 1.29 is 13.2 Å². The standard InChI is InChI=1S/C8H3BrClNO3S/c9-7-1-5(3-11)8(15(10,13)14)2-6(7)4-12/h1-2,4H. The van der Waals surface area contributed by atoms with Gasteiger partial charge < -0.3 is 0 Å². The van der Waals surface area contributed by atoms with Gasteiger partial charge in [0, 0.05) is 20.7 Å². The Bertz CT molecular complexity index is 562. The Kier molecular flexibility index (Phi) is 3.50. The number of nitrogens with zero attached hydrogens (tertiary/aromatic N) is 1. The maximum Gasteiger partial charge on any atom is 0.262 e. The number of halogens is 2. The first-order valence-corrected chi connectivity index (χ1v) is 6.64. The number of benzene rings is 1. The van der Waals surface area contributed by atoms with Crippen molar-refractivity contribution in [1.82, 2.24) is 0 Å². The van der Waals surface area contributed by atoms with Crippen LogP contribution in [0.3, 0.4) is 0 Å². The lowest BCUT2D eigenvalue weighted by Crippen LogP contribution is -1.98. The Morgan fingerprint density at radius 2 is 2.07 bits per heavy atom. The SMILES string of the molecule is N#Cc1cc(Br)c(C=O)cc1S(=O)(=O)Cl. The molecule has 0 heterocycles. The van der Waals surface area contributed by atoms with Gasteiger partial charge in [-0.1, -0.05) is 15.9 Å². The summed E-state index contributed by atoms with van der Waals surface area (Å²) in [6.45, 7) is 0. The lowest BCUT2D eigenvalue weighted by Gasteiger charge is -2.02. The first kappa shape index (κ1) is 12.2. The normalized spacial score (nSPS) is 10.7. The van der Waals surface area contributed by atoms with E-state index in [-0.39, 0.29) is 16.0 Å². The van der Waals surface area contributed by atoms with Crippen LogP contribution >= 0.6 is 26.6 Å². The van der Waals surface area contributed by atoms with Crippen LogP contribution in [0.15, 0.2) is 21.5 Å². The Balaban J connectivity index is 3.66. The number of carbonyl (C=O) groups is 1. The van der Waals surface area contributed by atoms with E-state index < -0.39 is 9.05 Å². The first-order chi connectivity index (χ1) is 6.90. The summed E-state index contributed by atoms with van der Waals surface area (Å²) in [6.07, 6.45) is 0.469. The molecule has 1 rings (SSSR count). The van der Waals surface area contributed by atoms with Gasteiger partial charge in [0.05, 0.1) is 5.56 Å². The van der Waals surface area contributed by atoms with Crippen LogP contribution in [0.1, 0.15) is 15.9 Å². The Hall–Kier alpha value is -0.900. The third kappa shape index (κ3) is 2.56. The van der Waals surface area contributed by atoms with E-state index in [1.54, 1.807) is 6.07 Å². The minimum Gasteiger partial charge on any atom is -0.298 e. The third-order valence-corrected chi connectivity index (χ3v) is 3.66. The summed E-state index contributed by atoms with van der Waals surface area (Å²) in [4.78, 5) is 10.2. The molecule has 1 aromatic rings. The van der Waals surface area contributed by atoms with Crippen LogP contribution in [-0.4, -0.2) is 14.7 Å². The summed E-state index contributed by atoms with van der Waals surface area (Å²) in [5, 5.41) is 8.69. The summed E-state index contributed by atoms with van der Waals surface area (Å²) < 4.78 is 22.5. The largest absolute Gasteiger partial charge is 0.298 e. The number of nitriles is 1. The van der Waals surface area contributed by atoms with Crippen molar-refractivity contribution in [3.05, 3.63) is 27.7 Å². The number of rotatable bonds is 2. The second-order valence-electron chi connectivity index (χ2n) is 2.54. The van der Waals surface area contributed by atoms with Crippen LogP contribution in [0.4, 0.5) is 0 Å². The molecule has 0 atom stereocenters. The number of aldehydes is 1. The summed E-state index contributed by atoms with van der Waals surface area (Å²) in [5.41, 5.74) is 0.00991. The van der Waals surface area contributed by atoms with Gasteiger partial charge in [0.25, 0.3) is 9.05 Å². The molecule has 0 fully saturated rings. The van der Waals surface area contributed by atoms with E-state index >= 15 is 0 Å². The van der Waals surface area contributed by atoms with Crippen molar-refractivity contribution in [3.8, 4) is 6.07 Å². The number of hydrogen-bond acceptors (Lipinski definition) is 4. The van der Waals surface area contributed by atoms with Crippen LogP contribution in [0.2, 0.25) is 0 Å². The zero-order valence-electron chi connectivity index (χ0n) is 7.07. The van der Waals surface area contributed by atoms with Gasteiger partial charge in [0.2, 0.25) is 0 Å². The molecule has 15 heavy (non-hydrogen) atoms. The van der Waals surface area contributed by atoms with E-state index in [0.717, 1.165) is 6.07 Å². The summed E-state index contributed by atoms with van der Waals surface area (Å²) >= 11 is 3.03. The minimum absolute atomic E-state index is 0.109. The fourth-order valence-corrected chi connectivity index (χ4v) is 2.40. The highest BCUT2D eigenvalue weighted by Gasteiger charge is 2.18. The van der Waals surface area contributed by atoms with E-state index in [0.29, 0.717) is 10.8 Å². The average molecular weight is 309 g/mol. The van der Waals surface area contributed by atoms with Crippen LogP contribution < -0.4 is 0 Å². The molecule has 0 bridgehead atoms. The summed E-state index contributed by atoms with van der Waals surface area (Å²) in [6, 6.07) is 3.97. The Labute approximate surface area is 99.0 Å². The second kappa shape index (κ2) is 4.31.